The highest BCUT2D eigenvalue weighted by atomic mass is 16.4. The minimum absolute atomic E-state index is 0.0920. The van der Waals surface area contributed by atoms with Gasteiger partial charge in [0.25, 0.3) is 5.91 Å². The molecule has 4 heteroatoms. The van der Waals surface area contributed by atoms with Crippen molar-refractivity contribution in [1.82, 2.24) is 9.88 Å². The molecule has 0 bridgehead atoms. The molecule has 0 aliphatic heterocycles. The summed E-state index contributed by atoms with van der Waals surface area (Å²) < 4.78 is 5.56. The minimum Gasteiger partial charge on any atom is -0.436 e. The van der Waals surface area contributed by atoms with Crippen LogP contribution in [0.1, 0.15) is 54.4 Å². The molecule has 0 spiro atoms. The molecule has 1 aromatic heterocycles. The molecule has 2 aromatic rings. The van der Waals surface area contributed by atoms with Gasteiger partial charge in [0.05, 0.1) is 5.69 Å². The Morgan fingerprint density at radius 2 is 1.95 bits per heavy atom. The molecule has 1 heterocycles. The number of oxazole rings is 1. The van der Waals surface area contributed by atoms with Crippen molar-refractivity contribution in [2.45, 2.75) is 40.2 Å². The first-order chi connectivity index (χ1) is 10.0. The molecule has 0 atom stereocenters. The van der Waals surface area contributed by atoms with Gasteiger partial charge in [0, 0.05) is 20.0 Å². The maximum absolute atomic E-state index is 12.7. The predicted molar refractivity (Wildman–Crippen MR) is 82.2 cm³/mol. The lowest BCUT2D eigenvalue weighted by Crippen LogP contribution is -2.30. The van der Waals surface area contributed by atoms with E-state index in [0.717, 1.165) is 11.3 Å². The first-order valence-electron chi connectivity index (χ1n) is 7.33. The van der Waals surface area contributed by atoms with Gasteiger partial charge in [0.2, 0.25) is 5.76 Å². The summed E-state index contributed by atoms with van der Waals surface area (Å²) in [5.74, 6) is 0.987. The van der Waals surface area contributed by atoms with Crippen molar-refractivity contribution in [3.8, 4) is 0 Å². The minimum atomic E-state index is -0.0920. The van der Waals surface area contributed by atoms with Gasteiger partial charge in [0.1, 0.15) is 0 Å². The van der Waals surface area contributed by atoms with Gasteiger partial charge in [-0.15, -0.1) is 0 Å². The van der Waals surface area contributed by atoms with Crippen LogP contribution in [0.4, 0.5) is 0 Å². The molecule has 1 aromatic carbocycles. The Morgan fingerprint density at radius 3 is 2.52 bits per heavy atom. The van der Waals surface area contributed by atoms with E-state index in [1.165, 1.54) is 0 Å². The van der Waals surface area contributed by atoms with E-state index >= 15 is 0 Å². The number of carbonyl (C=O) groups is 1. The summed E-state index contributed by atoms with van der Waals surface area (Å²) in [7, 11) is 0. The van der Waals surface area contributed by atoms with Gasteiger partial charge < -0.3 is 9.32 Å². The molecule has 0 radical (unpaired) electrons. The normalized spacial score (nSPS) is 10.9. The molecule has 21 heavy (non-hydrogen) atoms. The van der Waals surface area contributed by atoms with Gasteiger partial charge in [-0.3, -0.25) is 4.79 Å². The van der Waals surface area contributed by atoms with Gasteiger partial charge in [-0.25, -0.2) is 4.98 Å². The Labute approximate surface area is 125 Å². The van der Waals surface area contributed by atoms with Crippen molar-refractivity contribution >= 4 is 5.91 Å². The first kappa shape index (κ1) is 15.3. The molecule has 0 saturated heterocycles. The second kappa shape index (κ2) is 6.57. The summed E-state index contributed by atoms with van der Waals surface area (Å²) in [6.07, 6.45) is 0. The molecule has 0 fully saturated rings. The molecule has 112 valence electrons. The lowest BCUT2D eigenvalue weighted by molar-refractivity contribution is 0.0717. The van der Waals surface area contributed by atoms with Gasteiger partial charge in [-0.05, 0) is 18.4 Å². The quantitative estimate of drug-likeness (QED) is 0.840. The number of benzene rings is 1. The Hall–Kier alpha value is -2.10. The van der Waals surface area contributed by atoms with Crippen LogP contribution in [0, 0.1) is 6.92 Å². The maximum Gasteiger partial charge on any atom is 0.291 e. The molecule has 0 unspecified atom stereocenters. The van der Waals surface area contributed by atoms with Crippen molar-refractivity contribution in [2.24, 2.45) is 0 Å². The van der Waals surface area contributed by atoms with E-state index in [1.54, 1.807) is 11.8 Å². The highest BCUT2D eigenvalue weighted by Crippen LogP contribution is 2.22. The van der Waals surface area contributed by atoms with Crippen LogP contribution in [0.3, 0.4) is 0 Å². The first-order valence-corrected chi connectivity index (χ1v) is 7.33. The van der Waals surface area contributed by atoms with E-state index in [1.807, 2.05) is 51.1 Å². The SMILES string of the molecule is CCN(Cc1ccccc1)C(=O)c1oc(C)nc1C(C)C. The number of rotatable bonds is 5. The number of hydrogen-bond donors (Lipinski definition) is 0. The van der Waals surface area contributed by atoms with Crippen LogP contribution in [0.25, 0.3) is 0 Å². The summed E-state index contributed by atoms with van der Waals surface area (Å²) in [6, 6.07) is 9.96. The van der Waals surface area contributed by atoms with Gasteiger partial charge >= 0.3 is 0 Å². The summed E-state index contributed by atoms with van der Waals surface area (Å²) in [4.78, 5) is 18.8. The van der Waals surface area contributed by atoms with Crippen molar-refractivity contribution < 1.29 is 9.21 Å². The number of amides is 1. The maximum atomic E-state index is 12.7. The molecule has 4 nitrogen and oxygen atoms in total. The van der Waals surface area contributed by atoms with Crippen LogP contribution in [-0.2, 0) is 6.54 Å². The van der Waals surface area contributed by atoms with Gasteiger partial charge in [-0.1, -0.05) is 44.2 Å². The van der Waals surface area contributed by atoms with Crippen LogP contribution in [0.15, 0.2) is 34.7 Å². The zero-order valence-corrected chi connectivity index (χ0v) is 13.1. The highest BCUT2D eigenvalue weighted by Gasteiger charge is 2.25. The fourth-order valence-corrected chi connectivity index (χ4v) is 2.26. The highest BCUT2D eigenvalue weighted by molar-refractivity contribution is 5.92. The summed E-state index contributed by atoms with van der Waals surface area (Å²) in [5.41, 5.74) is 1.85. The fourth-order valence-electron chi connectivity index (χ4n) is 2.26. The third-order valence-corrected chi connectivity index (χ3v) is 3.39. The van der Waals surface area contributed by atoms with Gasteiger partial charge in [0.15, 0.2) is 5.89 Å². The smallest absolute Gasteiger partial charge is 0.291 e. The molecule has 0 aliphatic carbocycles. The average molecular weight is 286 g/mol. The number of hydrogen-bond acceptors (Lipinski definition) is 3. The molecule has 0 aliphatic rings. The van der Waals surface area contributed by atoms with Crippen molar-refractivity contribution in [3.05, 3.63) is 53.2 Å². The summed E-state index contributed by atoms with van der Waals surface area (Å²) in [5, 5.41) is 0. The molecule has 1 amide bonds. The van der Waals surface area contributed by atoms with Crippen LogP contribution < -0.4 is 0 Å². The lowest BCUT2D eigenvalue weighted by atomic mass is 10.1. The standard InChI is InChI=1S/C17H22N2O2/c1-5-19(11-14-9-7-6-8-10-14)17(20)16-15(12(2)3)18-13(4)21-16/h6-10,12H,5,11H2,1-4H3. The Morgan fingerprint density at radius 1 is 1.29 bits per heavy atom. The predicted octanol–water partition coefficient (Wildman–Crippen LogP) is 3.77. The fraction of sp³-hybridized carbons (Fsp3) is 0.412. The topological polar surface area (TPSA) is 46.3 Å². The Balaban J connectivity index is 2.24. The second-order valence-electron chi connectivity index (χ2n) is 5.41. The number of aryl methyl sites for hydroxylation is 1. The van der Waals surface area contributed by atoms with Gasteiger partial charge in [-0.2, -0.15) is 0 Å². The largest absolute Gasteiger partial charge is 0.436 e. The van der Waals surface area contributed by atoms with Crippen LogP contribution >= 0.6 is 0 Å². The zero-order chi connectivity index (χ0) is 15.4. The monoisotopic (exact) mass is 286 g/mol. The van der Waals surface area contributed by atoms with E-state index in [2.05, 4.69) is 4.98 Å². The summed E-state index contributed by atoms with van der Waals surface area (Å²) >= 11 is 0. The van der Waals surface area contributed by atoms with Crippen molar-refractivity contribution in [3.63, 3.8) is 0 Å². The van der Waals surface area contributed by atoms with Crippen molar-refractivity contribution in [2.75, 3.05) is 6.54 Å². The average Bonchev–Trinajstić information content (AvgIpc) is 2.87. The number of carbonyl (C=O) groups excluding carboxylic acids is 1. The summed E-state index contributed by atoms with van der Waals surface area (Å²) in [6.45, 7) is 8.98. The molecule has 2 rings (SSSR count). The van der Waals surface area contributed by atoms with E-state index in [0.29, 0.717) is 24.7 Å². The number of aromatic nitrogens is 1. The van der Waals surface area contributed by atoms with Crippen LogP contribution in [0.2, 0.25) is 0 Å². The van der Waals surface area contributed by atoms with E-state index in [-0.39, 0.29) is 11.8 Å². The third kappa shape index (κ3) is 3.51. The molecular formula is C17H22N2O2. The Bertz CT molecular complexity index is 603. The zero-order valence-electron chi connectivity index (χ0n) is 13.1. The van der Waals surface area contributed by atoms with E-state index in [9.17, 15) is 4.79 Å². The molecular weight excluding hydrogens is 264 g/mol. The van der Waals surface area contributed by atoms with Crippen molar-refractivity contribution in [1.29, 1.82) is 0 Å². The van der Waals surface area contributed by atoms with E-state index in [4.69, 9.17) is 4.42 Å². The van der Waals surface area contributed by atoms with Crippen LogP contribution in [0.5, 0.6) is 0 Å². The number of nitrogens with zero attached hydrogens (tertiary/aromatic N) is 2. The molecule has 0 N–H and O–H groups in total. The van der Waals surface area contributed by atoms with E-state index < -0.39 is 0 Å². The Kier molecular flexibility index (Phi) is 4.78. The second-order valence-corrected chi connectivity index (χ2v) is 5.41. The lowest BCUT2D eigenvalue weighted by Gasteiger charge is -2.20. The van der Waals surface area contributed by atoms with Crippen LogP contribution in [-0.4, -0.2) is 22.3 Å². The third-order valence-electron chi connectivity index (χ3n) is 3.39. The molecule has 0 saturated carbocycles.